The van der Waals surface area contributed by atoms with Crippen molar-refractivity contribution in [2.45, 2.75) is 36.1 Å². The zero-order chi connectivity index (χ0) is 15.0. The lowest BCUT2D eigenvalue weighted by Crippen LogP contribution is -2.51. The van der Waals surface area contributed by atoms with Gasteiger partial charge in [-0.1, -0.05) is 12.8 Å². The van der Waals surface area contributed by atoms with Crippen LogP contribution in [0.2, 0.25) is 0 Å². The Kier molecular flexibility index (Phi) is 5.65. The first kappa shape index (κ1) is 18.2. The van der Waals surface area contributed by atoms with E-state index in [1.165, 1.54) is 0 Å². The molecule has 0 bridgehead atoms. The van der Waals surface area contributed by atoms with Gasteiger partial charge in [-0.25, -0.2) is 26.3 Å². The van der Waals surface area contributed by atoms with E-state index in [0.29, 0.717) is 25.0 Å². The Labute approximate surface area is 127 Å². The van der Waals surface area contributed by atoms with Gasteiger partial charge in [-0.15, -0.1) is 12.4 Å². The molecular formula is C12H16ClF3N2O2S. The number of nitrogens with one attached hydrogen (secondary N) is 1. The highest BCUT2D eigenvalue weighted by Crippen LogP contribution is 2.31. The molecule has 1 saturated carbocycles. The van der Waals surface area contributed by atoms with Gasteiger partial charge in [-0.05, 0) is 25.0 Å². The van der Waals surface area contributed by atoms with E-state index in [9.17, 15) is 21.6 Å². The summed E-state index contributed by atoms with van der Waals surface area (Å²) < 4.78 is 66.2. The Bertz CT molecular complexity index is 619. The minimum absolute atomic E-state index is 0. The number of sulfonamides is 1. The molecule has 1 aromatic carbocycles. The topological polar surface area (TPSA) is 72.2 Å². The summed E-state index contributed by atoms with van der Waals surface area (Å²) in [5.74, 6) is -4.96. The number of nitrogens with two attached hydrogens (primary N) is 1. The van der Waals surface area contributed by atoms with E-state index < -0.39 is 37.9 Å². The van der Waals surface area contributed by atoms with E-state index in [4.69, 9.17) is 5.73 Å². The van der Waals surface area contributed by atoms with E-state index >= 15 is 0 Å². The van der Waals surface area contributed by atoms with Crippen LogP contribution >= 0.6 is 12.4 Å². The second-order valence-electron chi connectivity index (χ2n) is 4.97. The third kappa shape index (κ3) is 3.50. The summed E-state index contributed by atoms with van der Waals surface area (Å²) in [7, 11) is -4.30. The quantitative estimate of drug-likeness (QED) is 0.821. The summed E-state index contributed by atoms with van der Waals surface area (Å²) in [5.41, 5.74) is 4.75. The average Bonchev–Trinajstić information content (AvgIpc) is 2.84. The van der Waals surface area contributed by atoms with Gasteiger partial charge in [0.05, 0.1) is 0 Å². The minimum Gasteiger partial charge on any atom is -0.329 e. The van der Waals surface area contributed by atoms with Gasteiger partial charge in [0.2, 0.25) is 10.0 Å². The smallest absolute Gasteiger partial charge is 0.244 e. The second-order valence-corrected chi connectivity index (χ2v) is 6.62. The van der Waals surface area contributed by atoms with Crippen molar-refractivity contribution in [3.8, 4) is 0 Å². The van der Waals surface area contributed by atoms with Gasteiger partial charge in [0.25, 0.3) is 0 Å². The van der Waals surface area contributed by atoms with Gasteiger partial charge in [-0.2, -0.15) is 0 Å². The lowest BCUT2D eigenvalue weighted by Gasteiger charge is -2.28. The molecule has 4 nitrogen and oxygen atoms in total. The summed E-state index contributed by atoms with van der Waals surface area (Å²) in [4.78, 5) is -0.906. The lowest BCUT2D eigenvalue weighted by atomic mass is 10.0. The van der Waals surface area contributed by atoms with Crippen molar-refractivity contribution < 1.29 is 21.6 Å². The van der Waals surface area contributed by atoms with Crippen LogP contribution in [0.3, 0.4) is 0 Å². The zero-order valence-corrected chi connectivity index (χ0v) is 12.7. The predicted molar refractivity (Wildman–Crippen MR) is 74.1 cm³/mol. The SMILES string of the molecule is Cl.NCC1(NS(=O)(=O)c2ccc(F)c(F)c2F)CCCC1. The summed E-state index contributed by atoms with van der Waals surface area (Å²) in [6.45, 7) is 0.0670. The number of hydrogen-bond acceptors (Lipinski definition) is 3. The summed E-state index contributed by atoms with van der Waals surface area (Å²) in [6.07, 6.45) is 2.68. The fourth-order valence-corrected chi connectivity index (χ4v) is 4.00. The maximum absolute atomic E-state index is 13.6. The van der Waals surface area contributed by atoms with E-state index in [2.05, 4.69) is 4.72 Å². The van der Waals surface area contributed by atoms with Gasteiger partial charge in [-0.3, -0.25) is 0 Å². The molecule has 3 N–H and O–H groups in total. The van der Waals surface area contributed by atoms with E-state index in [0.717, 1.165) is 12.8 Å². The highest BCUT2D eigenvalue weighted by Gasteiger charge is 2.38. The van der Waals surface area contributed by atoms with Gasteiger partial charge in [0.1, 0.15) is 4.90 Å². The van der Waals surface area contributed by atoms with Crippen LogP contribution in [-0.4, -0.2) is 20.5 Å². The molecule has 0 aromatic heterocycles. The molecule has 0 radical (unpaired) electrons. The molecule has 1 aliphatic rings. The number of halogens is 4. The highest BCUT2D eigenvalue weighted by molar-refractivity contribution is 7.89. The number of hydrogen-bond donors (Lipinski definition) is 2. The highest BCUT2D eigenvalue weighted by atomic mass is 35.5. The standard InChI is InChI=1S/C12H15F3N2O2S.ClH/c13-8-3-4-9(11(15)10(8)14)20(18,19)17-12(7-16)5-1-2-6-12;/h3-4,17H,1-2,5-7,16H2;1H. The normalized spacial score (nSPS) is 17.5. The van der Waals surface area contributed by atoms with Crippen LogP contribution in [0.1, 0.15) is 25.7 Å². The van der Waals surface area contributed by atoms with Gasteiger partial charge < -0.3 is 5.73 Å². The van der Waals surface area contributed by atoms with Crippen molar-refractivity contribution in [1.82, 2.24) is 4.72 Å². The zero-order valence-electron chi connectivity index (χ0n) is 11.0. The van der Waals surface area contributed by atoms with Crippen molar-refractivity contribution in [1.29, 1.82) is 0 Å². The Hall–Kier alpha value is -0.830. The first-order chi connectivity index (χ1) is 9.31. The predicted octanol–water partition coefficient (Wildman–Crippen LogP) is 2.08. The molecule has 0 atom stereocenters. The van der Waals surface area contributed by atoms with Gasteiger partial charge in [0, 0.05) is 12.1 Å². The van der Waals surface area contributed by atoms with Crippen LogP contribution in [0.5, 0.6) is 0 Å². The molecule has 0 aliphatic heterocycles. The number of benzene rings is 1. The molecule has 1 aromatic rings. The molecule has 0 spiro atoms. The fraction of sp³-hybridized carbons (Fsp3) is 0.500. The Morgan fingerprint density at radius 1 is 1.14 bits per heavy atom. The maximum Gasteiger partial charge on any atom is 0.244 e. The lowest BCUT2D eigenvalue weighted by molar-refractivity contribution is 0.394. The van der Waals surface area contributed by atoms with Crippen molar-refractivity contribution >= 4 is 22.4 Å². The largest absolute Gasteiger partial charge is 0.329 e. The van der Waals surface area contributed by atoms with Crippen LogP contribution in [0.15, 0.2) is 17.0 Å². The first-order valence-electron chi connectivity index (χ1n) is 6.19. The van der Waals surface area contributed by atoms with Crippen LogP contribution < -0.4 is 10.5 Å². The van der Waals surface area contributed by atoms with Crippen molar-refractivity contribution in [3.63, 3.8) is 0 Å². The molecule has 0 saturated heterocycles. The van der Waals surface area contributed by atoms with E-state index in [1.54, 1.807) is 0 Å². The molecule has 1 aliphatic carbocycles. The second kappa shape index (κ2) is 6.51. The third-order valence-corrected chi connectivity index (χ3v) is 5.19. The molecule has 0 heterocycles. The minimum atomic E-state index is -4.30. The van der Waals surface area contributed by atoms with Gasteiger partial charge in [0.15, 0.2) is 17.5 Å². The van der Waals surface area contributed by atoms with E-state index in [-0.39, 0.29) is 19.0 Å². The Balaban J connectivity index is 0.00000220. The van der Waals surface area contributed by atoms with E-state index in [1.807, 2.05) is 0 Å². The average molecular weight is 345 g/mol. The molecule has 21 heavy (non-hydrogen) atoms. The fourth-order valence-electron chi connectivity index (χ4n) is 2.46. The van der Waals surface area contributed by atoms with Crippen LogP contribution in [0.4, 0.5) is 13.2 Å². The van der Waals surface area contributed by atoms with Gasteiger partial charge >= 0.3 is 0 Å². The molecule has 0 amide bonds. The van der Waals surface area contributed by atoms with Crippen LogP contribution in [0, 0.1) is 17.5 Å². The number of rotatable bonds is 4. The Morgan fingerprint density at radius 2 is 1.71 bits per heavy atom. The molecule has 0 unspecified atom stereocenters. The van der Waals surface area contributed by atoms with Crippen molar-refractivity contribution in [2.24, 2.45) is 5.73 Å². The monoisotopic (exact) mass is 344 g/mol. The molecule has 2 rings (SSSR count). The summed E-state index contributed by atoms with van der Waals surface area (Å²) in [5, 5.41) is 0. The molecule has 120 valence electrons. The third-order valence-electron chi connectivity index (χ3n) is 3.59. The molecule has 1 fully saturated rings. The van der Waals surface area contributed by atoms with Crippen LogP contribution in [-0.2, 0) is 10.0 Å². The Morgan fingerprint density at radius 3 is 2.24 bits per heavy atom. The van der Waals surface area contributed by atoms with Crippen molar-refractivity contribution in [3.05, 3.63) is 29.6 Å². The molecule has 9 heteroatoms. The first-order valence-corrected chi connectivity index (χ1v) is 7.67. The summed E-state index contributed by atoms with van der Waals surface area (Å²) in [6, 6.07) is 1.28. The maximum atomic E-state index is 13.6. The van der Waals surface area contributed by atoms with Crippen molar-refractivity contribution in [2.75, 3.05) is 6.54 Å². The molecular weight excluding hydrogens is 329 g/mol. The summed E-state index contributed by atoms with van der Waals surface area (Å²) >= 11 is 0. The van der Waals surface area contributed by atoms with Crippen LogP contribution in [0.25, 0.3) is 0 Å².